The number of pyridine rings is 1. The van der Waals surface area contributed by atoms with Crippen LogP contribution < -0.4 is 10.1 Å². The molecule has 25 heavy (non-hydrogen) atoms. The summed E-state index contributed by atoms with van der Waals surface area (Å²) in [5.41, 5.74) is 2.04. The average molecular weight is 344 g/mol. The highest BCUT2D eigenvalue weighted by Crippen LogP contribution is 2.30. The highest BCUT2D eigenvalue weighted by Gasteiger charge is 2.35. The molecule has 6 heteroatoms. The number of nitrogens with one attached hydrogen (secondary N) is 1. The lowest BCUT2D eigenvalue weighted by atomic mass is 10.2. The minimum Gasteiger partial charge on any atom is -0.490 e. The third-order valence-corrected chi connectivity index (χ3v) is 4.92. The molecule has 4 rings (SSSR count). The van der Waals surface area contributed by atoms with E-state index in [0.717, 1.165) is 31.2 Å². The van der Waals surface area contributed by atoms with Gasteiger partial charge in [0, 0.05) is 31.4 Å². The molecule has 1 N–H and O–H groups in total. The van der Waals surface area contributed by atoms with Gasteiger partial charge in [0.1, 0.15) is 5.69 Å². The third kappa shape index (κ3) is 3.35. The first kappa shape index (κ1) is 17.7. The second-order valence-electron chi connectivity index (χ2n) is 6.73. The van der Waals surface area contributed by atoms with Crippen molar-refractivity contribution in [2.24, 2.45) is 0 Å². The maximum Gasteiger partial charge on any atom is 0.270 e. The second kappa shape index (κ2) is 7.04. The van der Waals surface area contributed by atoms with Crippen LogP contribution in [0.3, 0.4) is 0 Å². The van der Waals surface area contributed by atoms with E-state index in [4.69, 9.17) is 4.74 Å². The van der Waals surface area contributed by atoms with E-state index < -0.39 is 0 Å². The van der Waals surface area contributed by atoms with Crippen molar-refractivity contribution in [3.63, 3.8) is 0 Å². The van der Waals surface area contributed by atoms with E-state index in [9.17, 15) is 4.79 Å². The van der Waals surface area contributed by atoms with Crippen LogP contribution in [0.15, 0.2) is 18.3 Å². The van der Waals surface area contributed by atoms with E-state index in [1.54, 1.807) is 0 Å². The van der Waals surface area contributed by atoms with Crippen LogP contribution in [0.5, 0.6) is 5.75 Å². The van der Waals surface area contributed by atoms with Crippen molar-refractivity contribution in [3.8, 4) is 5.75 Å². The molecule has 0 aromatic carbocycles. The lowest BCUT2D eigenvalue weighted by molar-refractivity contribution is 0.0931. The van der Waals surface area contributed by atoms with Crippen LogP contribution in [0.2, 0.25) is 0 Å². The Morgan fingerprint density at radius 3 is 2.92 bits per heavy atom. The van der Waals surface area contributed by atoms with E-state index in [2.05, 4.69) is 15.2 Å². The van der Waals surface area contributed by atoms with Crippen LogP contribution in [-0.2, 0) is 0 Å². The topological polar surface area (TPSA) is 58.9 Å². The molecule has 1 saturated carbocycles. The van der Waals surface area contributed by atoms with Crippen molar-refractivity contribution in [2.45, 2.75) is 52.6 Å². The number of nitrogens with zero attached hydrogens (tertiary/aromatic N) is 3. The zero-order valence-corrected chi connectivity index (χ0v) is 14.3. The van der Waals surface area contributed by atoms with Gasteiger partial charge < -0.3 is 10.1 Å². The van der Waals surface area contributed by atoms with Crippen molar-refractivity contribution in [3.05, 3.63) is 29.7 Å². The van der Waals surface area contributed by atoms with Crippen LogP contribution in [0, 0.1) is 6.92 Å². The lowest BCUT2D eigenvalue weighted by Crippen LogP contribution is -2.38. The smallest absolute Gasteiger partial charge is 0.270 e. The summed E-state index contributed by atoms with van der Waals surface area (Å²) in [5.74, 6) is 0.666. The van der Waals surface area contributed by atoms with Gasteiger partial charge >= 0.3 is 0 Å². The first-order valence-electron chi connectivity index (χ1n) is 8.82. The van der Waals surface area contributed by atoms with Gasteiger partial charge in [-0.15, -0.1) is 0 Å². The molecule has 1 aliphatic heterocycles. The van der Waals surface area contributed by atoms with E-state index in [1.165, 1.54) is 12.8 Å². The minimum absolute atomic E-state index is 0. The second-order valence-corrected chi connectivity index (χ2v) is 6.73. The molecule has 1 aliphatic carbocycles. The molecule has 0 bridgehead atoms. The van der Waals surface area contributed by atoms with E-state index in [-0.39, 0.29) is 19.4 Å². The monoisotopic (exact) mass is 344 g/mol. The van der Waals surface area contributed by atoms with Crippen LogP contribution in [0.1, 0.15) is 49.8 Å². The van der Waals surface area contributed by atoms with Gasteiger partial charge in [0.2, 0.25) is 0 Å². The lowest BCUT2D eigenvalue weighted by Gasteiger charge is -2.16. The van der Waals surface area contributed by atoms with Gasteiger partial charge in [0.25, 0.3) is 5.91 Å². The number of hydrogen-bond acceptors (Lipinski definition) is 4. The van der Waals surface area contributed by atoms with Crippen molar-refractivity contribution in [1.82, 2.24) is 19.6 Å². The summed E-state index contributed by atoms with van der Waals surface area (Å²) in [7, 11) is 0. The molecule has 0 radical (unpaired) electrons. The van der Waals surface area contributed by atoms with Gasteiger partial charge in [0.05, 0.1) is 12.3 Å². The predicted octanol–water partition coefficient (Wildman–Crippen LogP) is 2.64. The number of carbonyl (C=O) groups excluding carboxylic acids is 1. The first-order chi connectivity index (χ1) is 11.7. The minimum atomic E-state index is -0.0451. The molecular weight excluding hydrogens is 316 g/mol. The summed E-state index contributed by atoms with van der Waals surface area (Å²) in [6.07, 6.45) is 5.53. The number of hydrogen-bond donors (Lipinski definition) is 1. The molecule has 1 amide bonds. The standard InChI is InChI=1S/C18H24N4O2.CH4/c1-3-24-15-5-4-9-22-16(12(2)19-17(15)22)18(23)20-13-8-10-21(11-13)14-6-7-14;/h4-5,9,13-14H,3,6-8,10-11H2,1-2H3,(H,20,23);1H4/t13-;/m0./s1. The van der Waals surface area contributed by atoms with Crippen LogP contribution >= 0.6 is 0 Å². The zero-order valence-electron chi connectivity index (χ0n) is 14.3. The fourth-order valence-corrected chi connectivity index (χ4v) is 3.63. The van der Waals surface area contributed by atoms with Crippen molar-refractivity contribution in [1.29, 1.82) is 0 Å². The molecule has 3 heterocycles. The molecule has 2 fully saturated rings. The number of imidazole rings is 1. The van der Waals surface area contributed by atoms with Gasteiger partial charge in [-0.05, 0) is 45.2 Å². The molecule has 1 saturated heterocycles. The molecule has 1 atom stereocenters. The van der Waals surface area contributed by atoms with Gasteiger partial charge in [0.15, 0.2) is 11.4 Å². The number of aryl methyl sites for hydroxylation is 1. The summed E-state index contributed by atoms with van der Waals surface area (Å²) in [5, 5.41) is 3.20. The fraction of sp³-hybridized carbons (Fsp3) is 0.579. The number of amides is 1. The molecule has 0 spiro atoms. The summed E-state index contributed by atoms with van der Waals surface area (Å²) < 4.78 is 7.46. The Balaban J connectivity index is 0.00000182. The third-order valence-electron chi connectivity index (χ3n) is 4.92. The Bertz CT molecular complexity index is 766. The molecule has 0 unspecified atom stereocenters. The molecule has 2 aliphatic rings. The normalized spacial score (nSPS) is 20.5. The molecule has 136 valence electrons. The average Bonchev–Trinajstić information content (AvgIpc) is 3.20. The Hall–Kier alpha value is -2.08. The number of aromatic nitrogens is 2. The van der Waals surface area contributed by atoms with Gasteiger partial charge in [-0.25, -0.2) is 4.98 Å². The molecule has 2 aromatic heterocycles. The highest BCUT2D eigenvalue weighted by molar-refractivity contribution is 5.95. The van der Waals surface area contributed by atoms with Gasteiger partial charge in [-0.3, -0.25) is 14.1 Å². The van der Waals surface area contributed by atoms with Crippen molar-refractivity contribution in [2.75, 3.05) is 19.7 Å². The number of fused-ring (bicyclic) bond motifs is 1. The van der Waals surface area contributed by atoms with Gasteiger partial charge in [-0.2, -0.15) is 0 Å². The number of rotatable bonds is 5. The van der Waals surface area contributed by atoms with Crippen molar-refractivity contribution < 1.29 is 9.53 Å². The van der Waals surface area contributed by atoms with E-state index >= 15 is 0 Å². The van der Waals surface area contributed by atoms with Gasteiger partial charge in [-0.1, -0.05) is 7.43 Å². The quantitative estimate of drug-likeness (QED) is 0.906. The summed E-state index contributed by atoms with van der Waals surface area (Å²) in [4.78, 5) is 19.9. The number of carbonyl (C=O) groups is 1. The van der Waals surface area contributed by atoms with E-state index in [1.807, 2.05) is 36.6 Å². The SMILES string of the molecule is C.CCOc1cccn2c(C(=O)N[C@H]3CCN(C4CC4)C3)c(C)nc12. The van der Waals surface area contributed by atoms with Crippen LogP contribution in [0.25, 0.3) is 5.65 Å². The first-order valence-corrected chi connectivity index (χ1v) is 8.82. The fourth-order valence-electron chi connectivity index (χ4n) is 3.63. The Kier molecular flexibility index (Phi) is 4.99. The largest absolute Gasteiger partial charge is 0.490 e. The summed E-state index contributed by atoms with van der Waals surface area (Å²) in [6, 6.07) is 4.77. The Labute approximate surface area is 149 Å². The number of likely N-dealkylation sites (tertiary alicyclic amines) is 1. The summed E-state index contributed by atoms with van der Waals surface area (Å²) >= 11 is 0. The molecule has 6 nitrogen and oxygen atoms in total. The number of ether oxygens (including phenoxy) is 1. The van der Waals surface area contributed by atoms with Crippen molar-refractivity contribution >= 4 is 11.6 Å². The predicted molar refractivity (Wildman–Crippen MR) is 98.3 cm³/mol. The van der Waals surface area contributed by atoms with Crippen LogP contribution in [0.4, 0.5) is 0 Å². The highest BCUT2D eigenvalue weighted by atomic mass is 16.5. The Morgan fingerprint density at radius 1 is 1.40 bits per heavy atom. The summed E-state index contributed by atoms with van der Waals surface area (Å²) in [6.45, 7) is 6.46. The Morgan fingerprint density at radius 2 is 2.20 bits per heavy atom. The molecule has 2 aromatic rings. The maximum atomic E-state index is 12.8. The zero-order chi connectivity index (χ0) is 16.7. The van der Waals surface area contributed by atoms with Crippen LogP contribution in [-0.4, -0.2) is 52.0 Å². The van der Waals surface area contributed by atoms with E-state index in [0.29, 0.717) is 23.7 Å². The molecular formula is C19H28N4O2. The maximum absolute atomic E-state index is 12.8.